The van der Waals surface area contributed by atoms with Crippen molar-refractivity contribution in [1.29, 1.82) is 0 Å². The van der Waals surface area contributed by atoms with E-state index in [-0.39, 0.29) is 11.9 Å². The Hall–Kier alpha value is -3.29. The third kappa shape index (κ3) is 4.95. The highest BCUT2D eigenvalue weighted by molar-refractivity contribution is 8.18. The number of amidine groups is 1. The maximum Gasteiger partial charge on any atom is 0.338 e. The van der Waals surface area contributed by atoms with Gasteiger partial charge in [-0.1, -0.05) is 11.6 Å². The summed E-state index contributed by atoms with van der Waals surface area (Å²) in [6.07, 6.45) is 1.88. The maximum atomic E-state index is 12.6. The van der Waals surface area contributed by atoms with Crippen molar-refractivity contribution in [2.75, 3.05) is 6.61 Å². The minimum atomic E-state index is -0.337. The molecule has 1 aliphatic heterocycles. The molecule has 0 aliphatic carbocycles. The van der Waals surface area contributed by atoms with Gasteiger partial charge in [0.1, 0.15) is 0 Å². The molecule has 0 atom stereocenters. The van der Waals surface area contributed by atoms with Crippen LogP contribution in [0.25, 0.3) is 11.8 Å². The van der Waals surface area contributed by atoms with Crippen molar-refractivity contribution >= 4 is 52.2 Å². The number of carbonyl (C=O) groups excluding carboxylic acids is 2. The average Bonchev–Trinajstić information content (AvgIpc) is 3.28. The number of benzene rings is 2. The Morgan fingerprint density at radius 1 is 1.15 bits per heavy atom. The number of aliphatic imine (C=N–C) groups is 1. The monoisotopic (exact) mass is 493 g/mol. The third-order valence-corrected chi connectivity index (χ3v) is 6.57. The van der Waals surface area contributed by atoms with Gasteiger partial charge in [-0.2, -0.15) is 0 Å². The second-order valence-corrected chi connectivity index (χ2v) is 9.31. The van der Waals surface area contributed by atoms with Crippen LogP contribution in [-0.2, 0) is 9.53 Å². The van der Waals surface area contributed by atoms with E-state index in [1.807, 2.05) is 57.2 Å². The highest BCUT2D eigenvalue weighted by Gasteiger charge is 2.25. The Kier molecular flexibility index (Phi) is 6.95. The van der Waals surface area contributed by atoms with E-state index in [0.717, 1.165) is 33.9 Å². The molecule has 3 aromatic rings. The summed E-state index contributed by atoms with van der Waals surface area (Å²) in [4.78, 5) is 29.7. The molecular weight excluding hydrogens is 470 g/mol. The summed E-state index contributed by atoms with van der Waals surface area (Å²) in [6, 6.07) is 14.8. The van der Waals surface area contributed by atoms with E-state index in [9.17, 15) is 9.59 Å². The van der Waals surface area contributed by atoms with Crippen molar-refractivity contribution in [2.24, 2.45) is 4.99 Å². The van der Waals surface area contributed by atoms with Gasteiger partial charge >= 0.3 is 5.97 Å². The molecule has 1 aromatic heterocycles. The number of thioether (sulfide) groups is 1. The van der Waals surface area contributed by atoms with Crippen molar-refractivity contribution in [2.45, 2.75) is 27.7 Å². The van der Waals surface area contributed by atoms with Crippen LogP contribution in [0, 0.1) is 20.8 Å². The summed E-state index contributed by atoms with van der Waals surface area (Å²) >= 11 is 7.33. The molecule has 0 saturated carbocycles. The lowest BCUT2D eigenvalue weighted by atomic mass is 10.2. The van der Waals surface area contributed by atoms with Crippen LogP contribution in [0.4, 0.5) is 5.69 Å². The van der Waals surface area contributed by atoms with Crippen molar-refractivity contribution in [3.05, 3.63) is 86.5 Å². The fraction of sp³-hybridized carbons (Fsp3) is 0.192. The van der Waals surface area contributed by atoms with Crippen molar-refractivity contribution in [3.8, 4) is 5.69 Å². The number of esters is 1. The number of halogens is 1. The summed E-state index contributed by atoms with van der Waals surface area (Å²) in [6.45, 7) is 8.06. The lowest BCUT2D eigenvalue weighted by molar-refractivity contribution is -0.115. The molecule has 34 heavy (non-hydrogen) atoms. The summed E-state index contributed by atoms with van der Waals surface area (Å²) in [7, 11) is 0. The van der Waals surface area contributed by atoms with Crippen molar-refractivity contribution in [1.82, 2.24) is 9.88 Å². The fourth-order valence-electron chi connectivity index (χ4n) is 3.77. The summed E-state index contributed by atoms with van der Waals surface area (Å²) in [5, 5.41) is 4.02. The van der Waals surface area contributed by atoms with E-state index in [0.29, 0.717) is 27.3 Å². The first-order valence-corrected chi connectivity index (χ1v) is 12.0. The van der Waals surface area contributed by atoms with Crippen LogP contribution < -0.4 is 5.32 Å². The predicted molar refractivity (Wildman–Crippen MR) is 138 cm³/mol. The molecule has 174 valence electrons. The molecule has 6 nitrogen and oxygen atoms in total. The summed E-state index contributed by atoms with van der Waals surface area (Å²) < 4.78 is 7.15. The maximum absolute atomic E-state index is 12.6. The van der Waals surface area contributed by atoms with Gasteiger partial charge < -0.3 is 14.6 Å². The number of rotatable bonds is 5. The Morgan fingerprint density at radius 2 is 1.88 bits per heavy atom. The van der Waals surface area contributed by atoms with Gasteiger partial charge in [-0.15, -0.1) is 0 Å². The van der Waals surface area contributed by atoms with Gasteiger partial charge in [0.25, 0.3) is 5.91 Å². The van der Waals surface area contributed by atoms with Gasteiger partial charge in [-0.3, -0.25) is 4.79 Å². The van der Waals surface area contributed by atoms with Gasteiger partial charge in [-0.25, -0.2) is 9.79 Å². The van der Waals surface area contributed by atoms with Crippen LogP contribution in [0.5, 0.6) is 0 Å². The summed E-state index contributed by atoms with van der Waals surface area (Å²) in [5.41, 5.74) is 6.08. The predicted octanol–water partition coefficient (Wildman–Crippen LogP) is 6.12. The van der Waals surface area contributed by atoms with Crippen LogP contribution in [0.3, 0.4) is 0 Å². The molecule has 1 aliphatic rings. The number of nitrogens with zero attached hydrogens (tertiary/aromatic N) is 2. The molecule has 1 amide bonds. The van der Waals surface area contributed by atoms with Crippen LogP contribution >= 0.6 is 23.4 Å². The Bertz CT molecular complexity index is 1340. The molecule has 0 unspecified atom stereocenters. The Balaban J connectivity index is 1.59. The largest absolute Gasteiger partial charge is 0.462 e. The quantitative estimate of drug-likeness (QED) is 0.343. The molecule has 0 bridgehead atoms. The number of amides is 1. The second kappa shape index (κ2) is 9.91. The Labute approximate surface area is 207 Å². The lowest BCUT2D eigenvalue weighted by Crippen LogP contribution is -2.19. The molecule has 0 radical (unpaired) electrons. The first-order valence-electron chi connectivity index (χ1n) is 10.8. The number of hydrogen-bond donors (Lipinski definition) is 1. The zero-order chi connectivity index (χ0) is 24.4. The van der Waals surface area contributed by atoms with E-state index < -0.39 is 0 Å². The minimum absolute atomic E-state index is 0.182. The first kappa shape index (κ1) is 23.9. The molecular formula is C26H24ClN3O3S. The SMILES string of the molecule is CCOC(=O)c1ccc(-n2c(C)cc(/C=C3\SC(=Nc4ccc(Cl)cc4C)NC3=O)c2C)cc1. The van der Waals surface area contributed by atoms with Crippen LogP contribution in [-0.4, -0.2) is 28.2 Å². The van der Waals surface area contributed by atoms with Gasteiger partial charge in [0.15, 0.2) is 5.17 Å². The van der Waals surface area contributed by atoms with Gasteiger partial charge in [0.2, 0.25) is 0 Å². The molecule has 1 N–H and O–H groups in total. The highest BCUT2D eigenvalue weighted by Crippen LogP contribution is 2.31. The molecule has 1 saturated heterocycles. The highest BCUT2D eigenvalue weighted by atomic mass is 35.5. The fourth-order valence-corrected chi connectivity index (χ4v) is 4.82. The molecule has 8 heteroatoms. The Morgan fingerprint density at radius 3 is 2.56 bits per heavy atom. The number of aryl methyl sites for hydroxylation is 2. The van der Waals surface area contributed by atoms with E-state index in [1.54, 1.807) is 25.1 Å². The lowest BCUT2D eigenvalue weighted by Gasteiger charge is -2.10. The molecule has 1 fully saturated rings. The summed E-state index contributed by atoms with van der Waals surface area (Å²) in [5.74, 6) is -0.519. The number of carbonyl (C=O) groups is 2. The average molecular weight is 494 g/mol. The molecule has 2 heterocycles. The number of hydrogen-bond acceptors (Lipinski definition) is 5. The van der Waals surface area contributed by atoms with Crippen molar-refractivity contribution < 1.29 is 14.3 Å². The van der Waals surface area contributed by atoms with Crippen molar-refractivity contribution in [3.63, 3.8) is 0 Å². The molecule has 2 aromatic carbocycles. The van der Waals surface area contributed by atoms with Crippen LogP contribution in [0.15, 0.2) is 58.4 Å². The second-order valence-electron chi connectivity index (χ2n) is 7.84. The normalized spacial score (nSPS) is 15.7. The number of aromatic nitrogens is 1. The zero-order valence-electron chi connectivity index (χ0n) is 19.3. The van der Waals surface area contributed by atoms with Gasteiger partial charge in [-0.05, 0) is 105 Å². The number of nitrogens with one attached hydrogen (secondary N) is 1. The van der Waals surface area contributed by atoms with Gasteiger partial charge in [0, 0.05) is 22.1 Å². The zero-order valence-corrected chi connectivity index (χ0v) is 20.9. The third-order valence-electron chi connectivity index (χ3n) is 5.43. The molecule has 4 rings (SSSR count). The van der Waals surface area contributed by atoms with E-state index in [2.05, 4.69) is 14.9 Å². The number of ether oxygens (including phenoxy) is 1. The minimum Gasteiger partial charge on any atom is -0.462 e. The van der Waals surface area contributed by atoms with Crippen LogP contribution in [0.1, 0.15) is 39.8 Å². The van der Waals surface area contributed by atoms with Gasteiger partial charge in [0.05, 0.1) is 22.8 Å². The van der Waals surface area contributed by atoms with Crippen LogP contribution in [0.2, 0.25) is 5.02 Å². The molecule has 0 spiro atoms. The topological polar surface area (TPSA) is 72.7 Å². The first-order chi connectivity index (χ1) is 16.3. The smallest absolute Gasteiger partial charge is 0.338 e. The van der Waals surface area contributed by atoms with E-state index >= 15 is 0 Å². The standard InChI is InChI=1S/C26H24ClN3O3S/c1-5-33-25(32)18-6-9-21(10-7-18)30-16(3)13-19(17(30)4)14-23-24(31)29-26(34-23)28-22-11-8-20(27)12-15(22)2/h6-14H,5H2,1-4H3,(H,28,29,31)/b23-14-. The van der Waals surface area contributed by atoms with E-state index in [1.165, 1.54) is 11.8 Å². The van der Waals surface area contributed by atoms with E-state index in [4.69, 9.17) is 16.3 Å².